The van der Waals surface area contributed by atoms with Gasteiger partial charge in [-0.25, -0.2) is 4.39 Å². The summed E-state index contributed by atoms with van der Waals surface area (Å²) in [5.41, 5.74) is 0.503. The number of hydrogen-bond acceptors (Lipinski definition) is 1. The second-order valence-electron chi connectivity index (χ2n) is 4.85. The van der Waals surface area contributed by atoms with Gasteiger partial charge >= 0.3 is 0 Å². The van der Waals surface area contributed by atoms with Crippen LogP contribution < -0.4 is 5.32 Å². The van der Waals surface area contributed by atoms with Crippen molar-refractivity contribution in [1.29, 1.82) is 0 Å². The van der Waals surface area contributed by atoms with E-state index in [1.807, 2.05) is 6.92 Å². The Bertz CT molecular complexity index is 359. The van der Waals surface area contributed by atoms with Gasteiger partial charge in [-0.05, 0) is 49.9 Å². The second-order valence-corrected chi connectivity index (χ2v) is 4.85. The minimum atomic E-state index is -0.325. The van der Waals surface area contributed by atoms with E-state index in [0.717, 1.165) is 12.8 Å². The SMILES string of the molecule is CC(C)CCC(C)NC(=O)c1ccc(F)cc1. The van der Waals surface area contributed by atoms with E-state index < -0.39 is 0 Å². The van der Waals surface area contributed by atoms with Crippen LogP contribution in [0.1, 0.15) is 44.0 Å². The Morgan fingerprint density at radius 3 is 2.29 bits per heavy atom. The van der Waals surface area contributed by atoms with E-state index in [-0.39, 0.29) is 17.8 Å². The van der Waals surface area contributed by atoms with Crippen LogP contribution >= 0.6 is 0 Å². The standard InChI is InChI=1S/C14H20FNO/c1-10(2)4-5-11(3)16-14(17)12-6-8-13(15)9-7-12/h6-11H,4-5H2,1-3H3,(H,16,17). The van der Waals surface area contributed by atoms with E-state index in [0.29, 0.717) is 11.5 Å². The molecule has 0 heterocycles. The normalized spacial score (nSPS) is 12.5. The molecule has 0 aromatic heterocycles. The summed E-state index contributed by atoms with van der Waals surface area (Å²) in [6.07, 6.45) is 2.05. The third kappa shape index (κ3) is 4.98. The Morgan fingerprint density at radius 1 is 1.18 bits per heavy atom. The maximum absolute atomic E-state index is 12.7. The predicted octanol–water partition coefficient (Wildman–Crippen LogP) is 3.38. The molecule has 1 unspecified atom stereocenters. The number of rotatable bonds is 5. The van der Waals surface area contributed by atoms with Crippen LogP contribution in [-0.2, 0) is 0 Å². The van der Waals surface area contributed by atoms with Crippen molar-refractivity contribution in [2.45, 2.75) is 39.7 Å². The molecule has 0 saturated heterocycles. The van der Waals surface area contributed by atoms with E-state index in [1.54, 1.807) is 0 Å². The zero-order valence-electron chi connectivity index (χ0n) is 10.7. The molecule has 0 aliphatic heterocycles. The molecule has 1 aromatic carbocycles. The Hall–Kier alpha value is -1.38. The maximum Gasteiger partial charge on any atom is 0.251 e. The highest BCUT2D eigenvalue weighted by Gasteiger charge is 2.10. The summed E-state index contributed by atoms with van der Waals surface area (Å²) < 4.78 is 12.7. The minimum absolute atomic E-state index is 0.138. The summed E-state index contributed by atoms with van der Waals surface area (Å²) in [4.78, 5) is 11.8. The Morgan fingerprint density at radius 2 is 1.76 bits per heavy atom. The molecule has 0 spiro atoms. The van der Waals surface area contributed by atoms with Crippen molar-refractivity contribution < 1.29 is 9.18 Å². The molecule has 1 rings (SSSR count). The number of benzene rings is 1. The molecule has 0 aliphatic rings. The van der Waals surface area contributed by atoms with Crippen molar-refractivity contribution in [3.8, 4) is 0 Å². The minimum Gasteiger partial charge on any atom is -0.350 e. The summed E-state index contributed by atoms with van der Waals surface area (Å²) in [6.45, 7) is 6.31. The van der Waals surface area contributed by atoms with Gasteiger partial charge in [0.25, 0.3) is 5.91 Å². The third-order valence-electron chi connectivity index (χ3n) is 2.66. The van der Waals surface area contributed by atoms with Crippen LogP contribution in [0.25, 0.3) is 0 Å². The number of halogens is 1. The largest absolute Gasteiger partial charge is 0.350 e. The smallest absolute Gasteiger partial charge is 0.251 e. The van der Waals surface area contributed by atoms with Crippen LogP contribution in [0.3, 0.4) is 0 Å². The van der Waals surface area contributed by atoms with E-state index in [2.05, 4.69) is 19.2 Å². The molecule has 0 aliphatic carbocycles. The molecule has 0 saturated carbocycles. The first-order valence-corrected chi connectivity index (χ1v) is 6.05. The van der Waals surface area contributed by atoms with E-state index in [1.165, 1.54) is 24.3 Å². The van der Waals surface area contributed by atoms with Gasteiger partial charge < -0.3 is 5.32 Å². The molecule has 17 heavy (non-hydrogen) atoms. The van der Waals surface area contributed by atoms with Gasteiger partial charge in [0.1, 0.15) is 5.82 Å². The number of amides is 1. The molecule has 3 heteroatoms. The first-order chi connectivity index (χ1) is 7.99. The summed E-state index contributed by atoms with van der Waals surface area (Å²) in [6, 6.07) is 5.75. The molecule has 1 aromatic rings. The average Bonchev–Trinajstić information content (AvgIpc) is 2.27. The van der Waals surface area contributed by atoms with Gasteiger partial charge in [-0.3, -0.25) is 4.79 Å². The number of hydrogen-bond donors (Lipinski definition) is 1. The lowest BCUT2D eigenvalue weighted by molar-refractivity contribution is 0.0937. The van der Waals surface area contributed by atoms with Gasteiger partial charge in [0.15, 0.2) is 0 Å². The van der Waals surface area contributed by atoms with Crippen LogP contribution in [0, 0.1) is 11.7 Å². The monoisotopic (exact) mass is 237 g/mol. The third-order valence-corrected chi connectivity index (χ3v) is 2.66. The lowest BCUT2D eigenvalue weighted by atomic mass is 10.0. The first-order valence-electron chi connectivity index (χ1n) is 6.05. The Balaban J connectivity index is 2.46. The fourth-order valence-corrected chi connectivity index (χ4v) is 1.56. The highest BCUT2D eigenvalue weighted by molar-refractivity contribution is 5.94. The van der Waals surface area contributed by atoms with E-state index >= 15 is 0 Å². The quantitative estimate of drug-likeness (QED) is 0.835. The summed E-state index contributed by atoms with van der Waals surface area (Å²) >= 11 is 0. The first kappa shape index (κ1) is 13.7. The van der Waals surface area contributed by atoms with Crippen molar-refractivity contribution in [1.82, 2.24) is 5.32 Å². The van der Waals surface area contributed by atoms with Crippen molar-refractivity contribution in [3.05, 3.63) is 35.6 Å². The Labute approximate surface area is 102 Å². The van der Waals surface area contributed by atoms with E-state index in [9.17, 15) is 9.18 Å². The number of carbonyl (C=O) groups excluding carboxylic acids is 1. The lowest BCUT2D eigenvalue weighted by Gasteiger charge is -2.15. The van der Waals surface area contributed by atoms with Crippen molar-refractivity contribution in [3.63, 3.8) is 0 Å². The van der Waals surface area contributed by atoms with Gasteiger partial charge in [0, 0.05) is 11.6 Å². The van der Waals surface area contributed by atoms with Gasteiger partial charge in [-0.2, -0.15) is 0 Å². The van der Waals surface area contributed by atoms with Crippen LogP contribution in [0.2, 0.25) is 0 Å². The van der Waals surface area contributed by atoms with Crippen LogP contribution in [0.5, 0.6) is 0 Å². The number of nitrogens with one attached hydrogen (secondary N) is 1. The molecular weight excluding hydrogens is 217 g/mol. The summed E-state index contributed by atoms with van der Waals surface area (Å²) in [5, 5.41) is 2.91. The van der Waals surface area contributed by atoms with Gasteiger partial charge in [-0.1, -0.05) is 13.8 Å². The molecule has 0 fully saturated rings. The highest BCUT2D eigenvalue weighted by atomic mass is 19.1. The number of carbonyl (C=O) groups is 1. The molecule has 2 nitrogen and oxygen atoms in total. The topological polar surface area (TPSA) is 29.1 Å². The Kier molecular flexibility index (Phi) is 5.13. The second kappa shape index (κ2) is 6.38. The van der Waals surface area contributed by atoms with E-state index in [4.69, 9.17) is 0 Å². The van der Waals surface area contributed by atoms with Crippen LogP contribution in [0.15, 0.2) is 24.3 Å². The molecular formula is C14H20FNO. The zero-order valence-corrected chi connectivity index (χ0v) is 10.7. The molecule has 1 N–H and O–H groups in total. The average molecular weight is 237 g/mol. The van der Waals surface area contributed by atoms with Crippen molar-refractivity contribution in [2.24, 2.45) is 5.92 Å². The maximum atomic E-state index is 12.7. The summed E-state index contributed by atoms with van der Waals surface area (Å²) in [7, 11) is 0. The van der Waals surface area contributed by atoms with Gasteiger partial charge in [-0.15, -0.1) is 0 Å². The van der Waals surface area contributed by atoms with Gasteiger partial charge in [0.2, 0.25) is 0 Å². The molecule has 0 bridgehead atoms. The fraction of sp³-hybridized carbons (Fsp3) is 0.500. The fourth-order valence-electron chi connectivity index (χ4n) is 1.56. The van der Waals surface area contributed by atoms with Crippen molar-refractivity contribution in [2.75, 3.05) is 0 Å². The predicted molar refractivity (Wildman–Crippen MR) is 67.4 cm³/mol. The van der Waals surface area contributed by atoms with Gasteiger partial charge in [0.05, 0.1) is 0 Å². The molecule has 0 radical (unpaired) electrons. The van der Waals surface area contributed by atoms with Crippen molar-refractivity contribution >= 4 is 5.91 Å². The molecule has 1 atom stereocenters. The summed E-state index contributed by atoms with van der Waals surface area (Å²) in [5.74, 6) is 0.177. The zero-order chi connectivity index (χ0) is 12.8. The molecule has 94 valence electrons. The van der Waals surface area contributed by atoms with Crippen LogP contribution in [-0.4, -0.2) is 11.9 Å². The lowest BCUT2D eigenvalue weighted by Crippen LogP contribution is -2.32. The highest BCUT2D eigenvalue weighted by Crippen LogP contribution is 2.08. The van der Waals surface area contributed by atoms with Crippen LogP contribution in [0.4, 0.5) is 4.39 Å². The molecule has 1 amide bonds.